The maximum absolute atomic E-state index is 12.2. The third-order valence-electron chi connectivity index (χ3n) is 4.29. The third kappa shape index (κ3) is 2.84. The van der Waals surface area contributed by atoms with Gasteiger partial charge in [-0.15, -0.1) is 11.3 Å². The Hall–Kier alpha value is -0.870. The summed E-state index contributed by atoms with van der Waals surface area (Å²) in [5, 5.41) is 6.43. The van der Waals surface area contributed by atoms with Crippen LogP contribution >= 0.6 is 11.3 Å². The van der Waals surface area contributed by atoms with Crippen LogP contribution in [0.2, 0.25) is 0 Å². The van der Waals surface area contributed by atoms with Crippen LogP contribution in [0.25, 0.3) is 0 Å². The maximum atomic E-state index is 12.2. The number of aryl methyl sites for hydroxylation is 2. The van der Waals surface area contributed by atoms with Gasteiger partial charge in [-0.2, -0.15) is 0 Å². The highest BCUT2D eigenvalue weighted by Crippen LogP contribution is 2.30. The first-order valence-electron chi connectivity index (χ1n) is 7.35. The van der Waals surface area contributed by atoms with Crippen LogP contribution in [0.3, 0.4) is 0 Å². The molecular weight excluding hydrogens is 256 g/mol. The molecule has 2 aliphatic rings. The molecule has 0 spiro atoms. The molecule has 0 bridgehead atoms. The fourth-order valence-corrected chi connectivity index (χ4v) is 4.36. The van der Waals surface area contributed by atoms with Crippen molar-refractivity contribution in [2.45, 2.75) is 51.6 Å². The Morgan fingerprint density at radius 1 is 1.47 bits per heavy atom. The van der Waals surface area contributed by atoms with Crippen molar-refractivity contribution < 1.29 is 4.79 Å². The second-order valence-corrected chi connectivity index (χ2v) is 7.01. The van der Waals surface area contributed by atoms with E-state index in [0.717, 1.165) is 13.0 Å². The van der Waals surface area contributed by atoms with E-state index >= 15 is 0 Å². The van der Waals surface area contributed by atoms with E-state index < -0.39 is 0 Å². The van der Waals surface area contributed by atoms with Crippen LogP contribution in [0, 0.1) is 5.92 Å². The molecule has 2 N–H and O–H groups in total. The molecule has 1 aliphatic heterocycles. The highest BCUT2D eigenvalue weighted by Gasteiger charge is 2.27. The van der Waals surface area contributed by atoms with Gasteiger partial charge in [-0.3, -0.25) is 4.79 Å². The summed E-state index contributed by atoms with van der Waals surface area (Å²) < 4.78 is 0. The summed E-state index contributed by atoms with van der Waals surface area (Å²) in [6.07, 6.45) is 6.09. The van der Waals surface area contributed by atoms with Gasteiger partial charge >= 0.3 is 0 Å². The van der Waals surface area contributed by atoms with Crippen LogP contribution in [0.4, 0.5) is 0 Å². The number of fused-ring (bicyclic) bond motifs is 1. The first kappa shape index (κ1) is 13.1. The fraction of sp³-hybridized carbons (Fsp3) is 0.667. The molecule has 1 aromatic heterocycles. The number of carbonyl (C=O) groups excluding carboxylic acids is 1. The smallest absolute Gasteiger partial charge is 0.237 e. The Balaban J connectivity index is 1.54. The number of rotatable bonds is 3. The van der Waals surface area contributed by atoms with Crippen molar-refractivity contribution in [3.63, 3.8) is 0 Å². The SMILES string of the molecule is CC1CCCNC1C(=O)NCc1cc2c(s1)CCC2. The van der Waals surface area contributed by atoms with Gasteiger partial charge in [0, 0.05) is 9.75 Å². The summed E-state index contributed by atoms with van der Waals surface area (Å²) in [6, 6.07) is 2.28. The van der Waals surface area contributed by atoms with Gasteiger partial charge in [-0.1, -0.05) is 6.92 Å². The van der Waals surface area contributed by atoms with E-state index in [0.29, 0.717) is 12.5 Å². The fourth-order valence-electron chi connectivity index (χ4n) is 3.16. The van der Waals surface area contributed by atoms with E-state index in [1.165, 1.54) is 41.0 Å². The molecule has 2 atom stereocenters. The quantitative estimate of drug-likeness (QED) is 0.890. The van der Waals surface area contributed by atoms with E-state index in [9.17, 15) is 4.79 Å². The minimum absolute atomic E-state index is 0.000518. The first-order chi connectivity index (χ1) is 9.24. The molecule has 1 fully saturated rings. The van der Waals surface area contributed by atoms with E-state index in [4.69, 9.17) is 0 Å². The predicted octanol–water partition coefficient (Wildman–Crippen LogP) is 2.24. The van der Waals surface area contributed by atoms with E-state index in [2.05, 4.69) is 23.6 Å². The molecule has 3 rings (SSSR count). The molecule has 19 heavy (non-hydrogen) atoms. The number of amides is 1. The highest BCUT2D eigenvalue weighted by atomic mass is 32.1. The Kier molecular flexibility index (Phi) is 3.89. The van der Waals surface area contributed by atoms with E-state index in [1.807, 2.05) is 11.3 Å². The van der Waals surface area contributed by atoms with Crippen LogP contribution in [-0.2, 0) is 24.2 Å². The number of carbonyl (C=O) groups is 1. The van der Waals surface area contributed by atoms with Crippen LogP contribution in [0.1, 0.15) is 41.5 Å². The third-order valence-corrected chi connectivity index (χ3v) is 5.52. The lowest BCUT2D eigenvalue weighted by atomic mass is 9.92. The van der Waals surface area contributed by atoms with Gasteiger partial charge in [0.25, 0.3) is 0 Å². The van der Waals surface area contributed by atoms with Gasteiger partial charge in [0.05, 0.1) is 12.6 Å². The van der Waals surface area contributed by atoms with Gasteiger partial charge < -0.3 is 10.6 Å². The number of hydrogen-bond acceptors (Lipinski definition) is 3. The molecule has 1 aromatic rings. The van der Waals surface area contributed by atoms with Crippen LogP contribution in [0.5, 0.6) is 0 Å². The number of thiophene rings is 1. The highest BCUT2D eigenvalue weighted by molar-refractivity contribution is 7.12. The van der Waals surface area contributed by atoms with Crippen LogP contribution < -0.4 is 10.6 Å². The van der Waals surface area contributed by atoms with Gasteiger partial charge in [0.1, 0.15) is 0 Å². The summed E-state index contributed by atoms with van der Waals surface area (Å²) in [5.41, 5.74) is 1.51. The first-order valence-corrected chi connectivity index (χ1v) is 8.17. The Morgan fingerprint density at radius 2 is 2.37 bits per heavy atom. The van der Waals surface area contributed by atoms with Gasteiger partial charge in [0.2, 0.25) is 5.91 Å². The standard InChI is InChI=1S/C15H22N2OS/c1-10-4-3-7-16-14(10)15(18)17-9-12-8-11-5-2-6-13(11)19-12/h8,10,14,16H,2-7,9H2,1H3,(H,17,18). The zero-order chi connectivity index (χ0) is 13.2. The molecule has 3 nitrogen and oxygen atoms in total. The number of hydrogen-bond donors (Lipinski definition) is 2. The molecular formula is C15H22N2OS. The largest absolute Gasteiger partial charge is 0.350 e. The molecule has 4 heteroatoms. The zero-order valence-electron chi connectivity index (χ0n) is 11.5. The van der Waals surface area contributed by atoms with Crippen LogP contribution in [-0.4, -0.2) is 18.5 Å². The molecule has 0 saturated carbocycles. The van der Waals surface area contributed by atoms with Crippen molar-refractivity contribution >= 4 is 17.2 Å². The zero-order valence-corrected chi connectivity index (χ0v) is 12.3. The topological polar surface area (TPSA) is 41.1 Å². The van der Waals surface area contributed by atoms with Crippen LogP contribution in [0.15, 0.2) is 6.07 Å². The van der Waals surface area contributed by atoms with Crippen molar-refractivity contribution in [1.82, 2.24) is 10.6 Å². The summed E-state index contributed by atoms with van der Waals surface area (Å²) >= 11 is 1.88. The van der Waals surface area contributed by atoms with Gasteiger partial charge in [0.15, 0.2) is 0 Å². The summed E-state index contributed by atoms with van der Waals surface area (Å²) in [6.45, 7) is 3.83. The summed E-state index contributed by atoms with van der Waals surface area (Å²) in [5.74, 6) is 0.614. The second kappa shape index (κ2) is 5.63. The molecule has 0 aromatic carbocycles. The van der Waals surface area contributed by atoms with Gasteiger partial charge in [-0.25, -0.2) is 0 Å². The predicted molar refractivity (Wildman–Crippen MR) is 78.4 cm³/mol. The average Bonchev–Trinajstić information content (AvgIpc) is 2.97. The molecule has 1 aliphatic carbocycles. The van der Waals surface area contributed by atoms with E-state index in [-0.39, 0.29) is 11.9 Å². The molecule has 0 radical (unpaired) electrons. The number of piperidine rings is 1. The summed E-state index contributed by atoms with van der Waals surface area (Å²) in [4.78, 5) is 15.0. The van der Waals surface area contributed by atoms with Crippen molar-refractivity contribution in [3.8, 4) is 0 Å². The van der Waals surface area contributed by atoms with E-state index in [1.54, 1.807) is 0 Å². The van der Waals surface area contributed by atoms with Crippen molar-refractivity contribution in [3.05, 3.63) is 21.4 Å². The van der Waals surface area contributed by atoms with Crippen molar-refractivity contribution in [2.24, 2.45) is 5.92 Å². The average molecular weight is 278 g/mol. The minimum Gasteiger partial charge on any atom is -0.350 e. The number of nitrogens with one attached hydrogen (secondary N) is 2. The van der Waals surface area contributed by atoms with Gasteiger partial charge in [-0.05, 0) is 56.2 Å². The Morgan fingerprint density at radius 3 is 3.16 bits per heavy atom. The normalized spacial score (nSPS) is 26.2. The summed E-state index contributed by atoms with van der Waals surface area (Å²) in [7, 11) is 0. The maximum Gasteiger partial charge on any atom is 0.237 e. The molecule has 2 heterocycles. The molecule has 104 valence electrons. The molecule has 2 unspecified atom stereocenters. The monoisotopic (exact) mass is 278 g/mol. The molecule has 1 saturated heterocycles. The Labute approximate surface area is 118 Å². The lowest BCUT2D eigenvalue weighted by Gasteiger charge is -2.28. The molecule has 1 amide bonds. The van der Waals surface area contributed by atoms with Crippen molar-refractivity contribution in [2.75, 3.05) is 6.54 Å². The minimum atomic E-state index is 0.000518. The Bertz CT molecular complexity index is 447. The lowest BCUT2D eigenvalue weighted by Crippen LogP contribution is -2.50. The second-order valence-electron chi connectivity index (χ2n) is 5.78. The van der Waals surface area contributed by atoms with Crippen molar-refractivity contribution in [1.29, 1.82) is 0 Å². The lowest BCUT2D eigenvalue weighted by molar-refractivity contribution is -0.125.